The molecule has 0 saturated heterocycles. The van der Waals surface area contributed by atoms with E-state index in [1.807, 2.05) is 0 Å². The van der Waals surface area contributed by atoms with Crippen LogP contribution in [0.25, 0.3) is 0 Å². The molecule has 1 heterocycles. The molecule has 1 N–H and O–H groups in total. The van der Waals surface area contributed by atoms with Crippen LogP contribution in [-0.4, -0.2) is 29.2 Å². The normalized spacial score (nSPS) is 28.2. The summed E-state index contributed by atoms with van der Waals surface area (Å²) in [5, 5.41) is 12.2. The van der Waals surface area contributed by atoms with Crippen LogP contribution < -0.4 is 0 Å². The van der Waals surface area contributed by atoms with E-state index < -0.39 is 0 Å². The molecule has 0 spiro atoms. The number of aliphatic hydroxyl groups is 1. The average Bonchev–Trinajstić information content (AvgIpc) is 2.81. The summed E-state index contributed by atoms with van der Waals surface area (Å²) in [4.78, 5) is 3.73. The van der Waals surface area contributed by atoms with E-state index in [0.717, 1.165) is 12.8 Å². The van der Waals surface area contributed by atoms with Crippen LogP contribution in [0, 0.1) is 0 Å². The van der Waals surface area contributed by atoms with Crippen molar-refractivity contribution in [2.75, 3.05) is 7.05 Å². The van der Waals surface area contributed by atoms with Crippen LogP contribution in [-0.2, 0) is 0 Å². The van der Waals surface area contributed by atoms with Crippen LogP contribution in [0.15, 0.2) is 17.5 Å². The summed E-state index contributed by atoms with van der Waals surface area (Å²) in [6.45, 7) is 2.23. The highest BCUT2D eigenvalue weighted by Crippen LogP contribution is 2.30. The van der Waals surface area contributed by atoms with E-state index >= 15 is 0 Å². The van der Waals surface area contributed by atoms with Gasteiger partial charge in [-0.05, 0) is 38.3 Å². The standard InChI is InChI=1S/C13H21NOS/c1-10(13-8-5-9-16-13)14(2)11-6-3-4-7-12(11)15/h5,8-12,15H,3-4,6-7H2,1-2H3/t10?,11-,12-/m1/s1. The number of rotatable bonds is 3. The predicted octanol–water partition coefficient (Wildman–Crippen LogP) is 3.04. The molecule has 1 aliphatic rings. The van der Waals surface area contributed by atoms with Crippen LogP contribution in [0.2, 0.25) is 0 Å². The van der Waals surface area contributed by atoms with Gasteiger partial charge in [-0.1, -0.05) is 18.9 Å². The van der Waals surface area contributed by atoms with Crippen molar-refractivity contribution in [1.29, 1.82) is 0 Å². The number of thiophene rings is 1. The Hall–Kier alpha value is -0.380. The van der Waals surface area contributed by atoms with E-state index in [1.165, 1.54) is 17.7 Å². The SMILES string of the molecule is CC(c1cccs1)N(C)[C@@H]1CCCC[C@H]1O. The fraction of sp³-hybridized carbons (Fsp3) is 0.692. The van der Waals surface area contributed by atoms with Gasteiger partial charge in [0.2, 0.25) is 0 Å². The van der Waals surface area contributed by atoms with Gasteiger partial charge in [0.25, 0.3) is 0 Å². The third-order valence-electron chi connectivity index (χ3n) is 3.78. The van der Waals surface area contributed by atoms with Gasteiger partial charge in [-0.3, -0.25) is 4.90 Å². The van der Waals surface area contributed by atoms with Gasteiger partial charge in [-0.25, -0.2) is 0 Å². The number of hydrogen-bond donors (Lipinski definition) is 1. The van der Waals surface area contributed by atoms with Gasteiger partial charge in [0, 0.05) is 17.0 Å². The molecule has 1 fully saturated rings. The molecule has 1 unspecified atom stereocenters. The molecular weight excluding hydrogens is 218 g/mol. The number of likely N-dealkylation sites (N-methyl/N-ethyl adjacent to an activating group) is 1. The second kappa shape index (κ2) is 5.30. The predicted molar refractivity (Wildman–Crippen MR) is 68.8 cm³/mol. The number of aliphatic hydroxyl groups excluding tert-OH is 1. The molecule has 3 atom stereocenters. The zero-order valence-electron chi connectivity index (χ0n) is 10.1. The Morgan fingerprint density at radius 3 is 2.81 bits per heavy atom. The van der Waals surface area contributed by atoms with Gasteiger partial charge in [0.15, 0.2) is 0 Å². The Morgan fingerprint density at radius 2 is 2.19 bits per heavy atom. The molecule has 1 aromatic heterocycles. The molecule has 1 saturated carbocycles. The summed E-state index contributed by atoms with van der Waals surface area (Å²) >= 11 is 1.80. The molecule has 0 radical (unpaired) electrons. The lowest BCUT2D eigenvalue weighted by molar-refractivity contribution is 0.0162. The highest BCUT2D eigenvalue weighted by atomic mass is 32.1. The smallest absolute Gasteiger partial charge is 0.0695 e. The lowest BCUT2D eigenvalue weighted by Gasteiger charge is -2.38. The first-order chi connectivity index (χ1) is 7.70. The van der Waals surface area contributed by atoms with E-state index in [0.29, 0.717) is 12.1 Å². The number of nitrogens with zero attached hydrogens (tertiary/aromatic N) is 1. The van der Waals surface area contributed by atoms with Gasteiger partial charge in [-0.2, -0.15) is 0 Å². The maximum atomic E-state index is 10.0. The fourth-order valence-electron chi connectivity index (χ4n) is 2.58. The Balaban J connectivity index is 2.03. The summed E-state index contributed by atoms with van der Waals surface area (Å²) in [6.07, 6.45) is 4.39. The first kappa shape index (κ1) is 12.1. The summed E-state index contributed by atoms with van der Waals surface area (Å²) in [6, 6.07) is 5.03. The molecule has 0 bridgehead atoms. The van der Waals surface area contributed by atoms with E-state index in [-0.39, 0.29) is 6.10 Å². The van der Waals surface area contributed by atoms with Gasteiger partial charge in [0.1, 0.15) is 0 Å². The Kier molecular flexibility index (Phi) is 4.00. The van der Waals surface area contributed by atoms with Crippen molar-refractivity contribution in [1.82, 2.24) is 4.90 Å². The van der Waals surface area contributed by atoms with Gasteiger partial charge < -0.3 is 5.11 Å². The third-order valence-corrected chi connectivity index (χ3v) is 4.83. The second-order valence-electron chi connectivity index (χ2n) is 4.78. The topological polar surface area (TPSA) is 23.5 Å². The van der Waals surface area contributed by atoms with Crippen molar-refractivity contribution in [2.45, 2.75) is 50.8 Å². The van der Waals surface area contributed by atoms with E-state index in [2.05, 4.69) is 36.4 Å². The third kappa shape index (κ3) is 2.47. The molecule has 3 heteroatoms. The van der Waals surface area contributed by atoms with E-state index in [4.69, 9.17) is 0 Å². The number of hydrogen-bond acceptors (Lipinski definition) is 3. The monoisotopic (exact) mass is 239 g/mol. The van der Waals surface area contributed by atoms with E-state index in [1.54, 1.807) is 11.3 Å². The van der Waals surface area contributed by atoms with Gasteiger partial charge in [0.05, 0.1) is 6.10 Å². The second-order valence-corrected chi connectivity index (χ2v) is 5.76. The maximum absolute atomic E-state index is 10.0. The fourth-order valence-corrected chi connectivity index (χ4v) is 3.42. The van der Waals surface area contributed by atoms with Crippen LogP contribution in [0.1, 0.15) is 43.5 Å². The summed E-state index contributed by atoms with van der Waals surface area (Å²) in [5.74, 6) is 0. The zero-order valence-corrected chi connectivity index (χ0v) is 10.9. The Labute approximate surface area is 102 Å². The van der Waals surface area contributed by atoms with Crippen molar-refractivity contribution >= 4 is 11.3 Å². The van der Waals surface area contributed by atoms with Crippen molar-refractivity contribution in [2.24, 2.45) is 0 Å². The highest BCUT2D eigenvalue weighted by molar-refractivity contribution is 7.10. The Bertz CT molecular complexity index is 312. The van der Waals surface area contributed by atoms with Crippen molar-refractivity contribution < 1.29 is 5.11 Å². The van der Waals surface area contributed by atoms with Crippen molar-refractivity contribution in [3.05, 3.63) is 22.4 Å². The maximum Gasteiger partial charge on any atom is 0.0695 e. The lowest BCUT2D eigenvalue weighted by Crippen LogP contribution is -2.44. The Morgan fingerprint density at radius 1 is 1.44 bits per heavy atom. The molecule has 16 heavy (non-hydrogen) atoms. The average molecular weight is 239 g/mol. The first-order valence-electron chi connectivity index (χ1n) is 6.13. The van der Waals surface area contributed by atoms with Crippen molar-refractivity contribution in [3.63, 3.8) is 0 Å². The van der Waals surface area contributed by atoms with Crippen LogP contribution >= 0.6 is 11.3 Å². The summed E-state index contributed by atoms with van der Waals surface area (Å²) < 4.78 is 0. The lowest BCUT2D eigenvalue weighted by atomic mass is 9.91. The highest BCUT2D eigenvalue weighted by Gasteiger charge is 2.29. The summed E-state index contributed by atoms with van der Waals surface area (Å²) in [5.41, 5.74) is 0. The quantitative estimate of drug-likeness (QED) is 0.876. The molecular formula is C13H21NOS. The molecule has 2 rings (SSSR count). The minimum atomic E-state index is -0.138. The van der Waals surface area contributed by atoms with E-state index in [9.17, 15) is 5.11 Å². The largest absolute Gasteiger partial charge is 0.391 e. The molecule has 0 aliphatic heterocycles. The van der Waals surface area contributed by atoms with Gasteiger partial charge in [-0.15, -0.1) is 11.3 Å². The molecule has 0 aromatic carbocycles. The molecule has 1 aliphatic carbocycles. The minimum absolute atomic E-state index is 0.138. The molecule has 1 aromatic rings. The molecule has 0 amide bonds. The van der Waals surface area contributed by atoms with Crippen LogP contribution in [0.5, 0.6) is 0 Å². The van der Waals surface area contributed by atoms with Gasteiger partial charge >= 0.3 is 0 Å². The summed E-state index contributed by atoms with van der Waals surface area (Å²) in [7, 11) is 2.14. The van der Waals surface area contributed by atoms with Crippen LogP contribution in [0.3, 0.4) is 0 Å². The molecule has 2 nitrogen and oxygen atoms in total. The molecule has 90 valence electrons. The van der Waals surface area contributed by atoms with Crippen LogP contribution in [0.4, 0.5) is 0 Å². The first-order valence-corrected chi connectivity index (χ1v) is 7.01. The zero-order chi connectivity index (χ0) is 11.5. The minimum Gasteiger partial charge on any atom is -0.391 e. The van der Waals surface area contributed by atoms with Crippen molar-refractivity contribution in [3.8, 4) is 0 Å².